The Morgan fingerprint density at radius 1 is 1.42 bits per heavy atom. The first-order valence-electron chi connectivity index (χ1n) is 4.88. The van der Waals surface area contributed by atoms with Gasteiger partial charge in [-0.05, 0) is 6.07 Å². The van der Waals surface area contributed by atoms with Crippen molar-refractivity contribution in [1.82, 2.24) is 0 Å². The van der Waals surface area contributed by atoms with E-state index in [0.717, 1.165) is 18.2 Å². The van der Waals surface area contributed by atoms with Gasteiger partial charge in [0.15, 0.2) is 5.78 Å². The predicted octanol–water partition coefficient (Wildman–Crippen LogP) is 3.46. The standard InChI is InChI=1S/C10H7BrF3NO4/c11-5-4-8(16)6-2-1-3-7(15(17)18)9(6)19-10(12,13)14/h1-3H,4-5H2. The molecule has 0 amide bonds. The molecule has 0 spiro atoms. The summed E-state index contributed by atoms with van der Waals surface area (Å²) in [5.41, 5.74) is -1.37. The normalized spacial score (nSPS) is 11.2. The van der Waals surface area contributed by atoms with Crippen LogP contribution in [0, 0.1) is 10.1 Å². The first kappa shape index (κ1) is 15.4. The number of Topliss-reactive ketones (excluding diaryl/α,β-unsaturated/α-hetero) is 1. The molecule has 104 valence electrons. The third-order valence-electron chi connectivity index (χ3n) is 2.03. The van der Waals surface area contributed by atoms with Crippen molar-refractivity contribution in [3.63, 3.8) is 0 Å². The number of hydrogen-bond acceptors (Lipinski definition) is 4. The van der Waals surface area contributed by atoms with Crippen molar-refractivity contribution in [2.75, 3.05) is 5.33 Å². The Balaban J connectivity index is 3.34. The molecular weight excluding hydrogens is 335 g/mol. The van der Waals surface area contributed by atoms with Gasteiger partial charge >= 0.3 is 12.0 Å². The van der Waals surface area contributed by atoms with Crippen LogP contribution in [0.1, 0.15) is 16.8 Å². The average molecular weight is 342 g/mol. The smallest absolute Gasteiger partial charge is 0.398 e. The number of rotatable bonds is 5. The van der Waals surface area contributed by atoms with Gasteiger partial charge in [0.1, 0.15) is 0 Å². The highest BCUT2D eigenvalue weighted by Crippen LogP contribution is 2.35. The lowest BCUT2D eigenvalue weighted by atomic mass is 10.1. The van der Waals surface area contributed by atoms with Crippen LogP contribution in [0.2, 0.25) is 0 Å². The summed E-state index contributed by atoms with van der Waals surface area (Å²) in [4.78, 5) is 21.3. The van der Waals surface area contributed by atoms with Gasteiger partial charge in [-0.25, -0.2) is 0 Å². The second-order valence-corrected chi connectivity index (χ2v) is 4.11. The predicted molar refractivity (Wildman–Crippen MR) is 62.5 cm³/mol. The van der Waals surface area contributed by atoms with Gasteiger partial charge in [-0.1, -0.05) is 22.0 Å². The summed E-state index contributed by atoms with van der Waals surface area (Å²) in [6.45, 7) is 0. The minimum Gasteiger partial charge on any atom is -0.398 e. The minimum atomic E-state index is -5.12. The Morgan fingerprint density at radius 3 is 2.53 bits per heavy atom. The SMILES string of the molecule is O=C(CCBr)c1cccc([N+](=O)[O-])c1OC(F)(F)F. The van der Waals surface area contributed by atoms with E-state index in [9.17, 15) is 28.1 Å². The first-order chi connectivity index (χ1) is 8.76. The molecule has 0 N–H and O–H groups in total. The third-order valence-corrected chi connectivity index (χ3v) is 2.43. The number of nitro groups is 1. The summed E-state index contributed by atoms with van der Waals surface area (Å²) in [6.07, 6.45) is -5.22. The summed E-state index contributed by atoms with van der Waals surface area (Å²) < 4.78 is 40.4. The quantitative estimate of drug-likeness (QED) is 0.356. The van der Waals surface area contributed by atoms with E-state index in [-0.39, 0.29) is 11.8 Å². The molecule has 0 aliphatic rings. The number of ether oxygens (including phenoxy) is 1. The molecule has 0 heterocycles. The topological polar surface area (TPSA) is 69.4 Å². The number of nitrogens with zero attached hydrogens (tertiary/aromatic N) is 1. The zero-order valence-corrected chi connectivity index (χ0v) is 10.8. The first-order valence-corrected chi connectivity index (χ1v) is 6.00. The number of alkyl halides is 4. The molecule has 1 aromatic carbocycles. The highest BCUT2D eigenvalue weighted by molar-refractivity contribution is 9.09. The molecule has 0 fully saturated rings. The molecule has 0 aliphatic carbocycles. The van der Waals surface area contributed by atoms with Crippen LogP contribution in [0.15, 0.2) is 18.2 Å². The molecule has 0 saturated heterocycles. The molecule has 9 heteroatoms. The average Bonchev–Trinajstić information content (AvgIpc) is 2.27. The number of carbonyl (C=O) groups excluding carboxylic acids is 1. The molecule has 5 nitrogen and oxygen atoms in total. The van der Waals surface area contributed by atoms with E-state index in [2.05, 4.69) is 20.7 Å². The molecule has 0 aromatic heterocycles. The fourth-order valence-corrected chi connectivity index (χ4v) is 1.69. The van der Waals surface area contributed by atoms with Crippen LogP contribution in [0.4, 0.5) is 18.9 Å². The van der Waals surface area contributed by atoms with Crippen molar-refractivity contribution in [2.24, 2.45) is 0 Å². The molecular formula is C10H7BrF3NO4. The summed E-state index contributed by atoms with van der Waals surface area (Å²) in [7, 11) is 0. The molecule has 0 aliphatic heterocycles. The van der Waals surface area contributed by atoms with E-state index >= 15 is 0 Å². The Bertz CT molecular complexity index is 504. The molecule has 19 heavy (non-hydrogen) atoms. The summed E-state index contributed by atoms with van der Waals surface area (Å²) in [5.74, 6) is -1.76. The maximum Gasteiger partial charge on any atom is 0.573 e. The lowest BCUT2D eigenvalue weighted by molar-refractivity contribution is -0.388. The van der Waals surface area contributed by atoms with Crippen molar-refractivity contribution in [1.29, 1.82) is 0 Å². The van der Waals surface area contributed by atoms with E-state index in [4.69, 9.17) is 0 Å². The number of carbonyl (C=O) groups is 1. The van der Waals surface area contributed by atoms with E-state index in [1.807, 2.05) is 0 Å². The number of nitro benzene ring substituents is 1. The van der Waals surface area contributed by atoms with E-state index in [0.29, 0.717) is 0 Å². The monoisotopic (exact) mass is 341 g/mol. The minimum absolute atomic E-state index is 0.102. The van der Waals surface area contributed by atoms with Crippen molar-refractivity contribution in [3.8, 4) is 5.75 Å². The van der Waals surface area contributed by atoms with Crippen LogP contribution in [0.25, 0.3) is 0 Å². The van der Waals surface area contributed by atoms with Gasteiger partial charge in [0.05, 0.1) is 10.5 Å². The van der Waals surface area contributed by atoms with Gasteiger partial charge in [0.25, 0.3) is 0 Å². The fourth-order valence-electron chi connectivity index (χ4n) is 1.33. The van der Waals surface area contributed by atoms with Crippen LogP contribution in [0.5, 0.6) is 5.75 Å². The lowest BCUT2D eigenvalue weighted by Gasteiger charge is -2.12. The lowest BCUT2D eigenvalue weighted by Crippen LogP contribution is -2.20. The molecule has 0 saturated carbocycles. The van der Waals surface area contributed by atoms with Crippen LogP contribution in [-0.2, 0) is 0 Å². The summed E-state index contributed by atoms with van der Waals surface area (Å²) >= 11 is 2.96. The highest BCUT2D eigenvalue weighted by atomic mass is 79.9. The molecule has 0 bridgehead atoms. The molecule has 1 aromatic rings. The number of benzene rings is 1. The number of ketones is 1. The number of hydrogen-bond donors (Lipinski definition) is 0. The van der Waals surface area contributed by atoms with Gasteiger partial charge in [-0.2, -0.15) is 0 Å². The van der Waals surface area contributed by atoms with Gasteiger partial charge in [-0.3, -0.25) is 14.9 Å². The van der Waals surface area contributed by atoms with Gasteiger partial charge in [0, 0.05) is 17.8 Å². The van der Waals surface area contributed by atoms with Crippen LogP contribution >= 0.6 is 15.9 Å². The van der Waals surface area contributed by atoms with Gasteiger partial charge in [-0.15, -0.1) is 13.2 Å². The second-order valence-electron chi connectivity index (χ2n) is 3.32. The van der Waals surface area contributed by atoms with Crippen molar-refractivity contribution >= 4 is 27.4 Å². The number of halogens is 4. The van der Waals surface area contributed by atoms with Crippen LogP contribution in [0.3, 0.4) is 0 Å². The zero-order valence-electron chi connectivity index (χ0n) is 9.24. The van der Waals surface area contributed by atoms with Crippen molar-refractivity contribution in [3.05, 3.63) is 33.9 Å². The molecule has 0 atom stereocenters. The van der Waals surface area contributed by atoms with E-state index in [1.54, 1.807) is 0 Å². The molecule has 0 radical (unpaired) electrons. The Hall–Kier alpha value is -1.64. The van der Waals surface area contributed by atoms with Crippen LogP contribution in [-0.4, -0.2) is 22.4 Å². The van der Waals surface area contributed by atoms with E-state index < -0.39 is 34.1 Å². The van der Waals surface area contributed by atoms with Crippen molar-refractivity contribution in [2.45, 2.75) is 12.8 Å². The van der Waals surface area contributed by atoms with E-state index in [1.165, 1.54) is 0 Å². The highest BCUT2D eigenvalue weighted by Gasteiger charge is 2.36. The largest absolute Gasteiger partial charge is 0.573 e. The molecule has 1 rings (SSSR count). The van der Waals surface area contributed by atoms with Crippen molar-refractivity contribution < 1.29 is 27.6 Å². The van der Waals surface area contributed by atoms with Gasteiger partial charge < -0.3 is 4.74 Å². The maximum atomic E-state index is 12.2. The Kier molecular flexibility index (Phi) is 4.87. The number of para-hydroxylation sites is 1. The van der Waals surface area contributed by atoms with Gasteiger partial charge in [0.2, 0.25) is 5.75 Å². The Morgan fingerprint density at radius 2 is 2.05 bits per heavy atom. The third kappa shape index (κ3) is 4.19. The summed E-state index contributed by atoms with van der Waals surface area (Å²) in [5, 5.41) is 10.9. The van der Waals surface area contributed by atoms with Crippen LogP contribution < -0.4 is 4.74 Å². The Labute approximate surface area is 113 Å². The maximum absolute atomic E-state index is 12.2. The summed E-state index contributed by atoms with van der Waals surface area (Å²) in [6, 6.07) is 3.02. The zero-order chi connectivity index (χ0) is 14.6. The molecule has 0 unspecified atom stereocenters. The second kappa shape index (κ2) is 6.00. The fraction of sp³-hybridized carbons (Fsp3) is 0.300.